The van der Waals surface area contributed by atoms with E-state index in [2.05, 4.69) is 5.16 Å². The van der Waals surface area contributed by atoms with Gasteiger partial charge in [-0.05, 0) is 31.4 Å². The first-order valence-electron chi connectivity index (χ1n) is 4.88. The number of nitrogens with zero attached hydrogens (tertiary/aromatic N) is 1. The van der Waals surface area contributed by atoms with Crippen molar-refractivity contribution >= 4 is 5.71 Å². The van der Waals surface area contributed by atoms with E-state index < -0.39 is 0 Å². The summed E-state index contributed by atoms with van der Waals surface area (Å²) in [6.07, 6.45) is 2.43. The first-order valence-corrected chi connectivity index (χ1v) is 4.88. The number of methoxy groups -OCH3 is 1. The van der Waals surface area contributed by atoms with Crippen molar-refractivity contribution in [3.05, 3.63) is 23.3 Å². The fraction of sp³-hybridized carbons (Fsp3) is 0.364. The summed E-state index contributed by atoms with van der Waals surface area (Å²) >= 11 is 0. The summed E-state index contributed by atoms with van der Waals surface area (Å²) in [4.78, 5) is 0. The molecule has 1 aliphatic carbocycles. The lowest BCUT2D eigenvalue weighted by Crippen LogP contribution is -2.13. The van der Waals surface area contributed by atoms with E-state index in [-0.39, 0.29) is 5.75 Å². The van der Waals surface area contributed by atoms with Gasteiger partial charge in [-0.3, -0.25) is 0 Å². The van der Waals surface area contributed by atoms with Crippen LogP contribution < -0.4 is 4.74 Å². The Labute approximate surface area is 87.8 Å². The number of hydrogen-bond acceptors (Lipinski definition) is 4. The highest BCUT2D eigenvalue weighted by Crippen LogP contribution is 2.35. The van der Waals surface area contributed by atoms with Gasteiger partial charge in [0.05, 0.1) is 12.8 Å². The van der Waals surface area contributed by atoms with E-state index in [4.69, 9.17) is 9.94 Å². The number of hydrogen-bond donors (Lipinski definition) is 2. The number of aromatic hydroxyl groups is 1. The fourth-order valence-corrected chi connectivity index (χ4v) is 2.04. The molecule has 0 saturated carbocycles. The van der Waals surface area contributed by atoms with E-state index in [1.54, 1.807) is 19.2 Å². The number of fused-ring (bicyclic) bond motifs is 1. The third-order valence-corrected chi connectivity index (χ3v) is 2.72. The van der Waals surface area contributed by atoms with Crippen LogP contribution in [0.3, 0.4) is 0 Å². The average molecular weight is 207 g/mol. The van der Waals surface area contributed by atoms with Gasteiger partial charge in [-0.25, -0.2) is 0 Å². The average Bonchev–Trinajstić information content (AvgIpc) is 2.29. The zero-order valence-corrected chi connectivity index (χ0v) is 8.53. The van der Waals surface area contributed by atoms with Crippen molar-refractivity contribution in [2.24, 2.45) is 5.16 Å². The van der Waals surface area contributed by atoms with Crippen LogP contribution in [-0.4, -0.2) is 23.1 Å². The molecular weight excluding hydrogens is 194 g/mol. The largest absolute Gasteiger partial charge is 0.507 e. The van der Waals surface area contributed by atoms with Crippen LogP contribution in [0.4, 0.5) is 0 Å². The lowest BCUT2D eigenvalue weighted by molar-refractivity contribution is 0.317. The normalized spacial score (nSPS) is 17.5. The van der Waals surface area contributed by atoms with Crippen LogP contribution in [0, 0.1) is 0 Å². The molecular formula is C11H13NO3. The van der Waals surface area contributed by atoms with Crippen molar-refractivity contribution < 1.29 is 15.1 Å². The molecule has 2 N–H and O–H groups in total. The molecule has 1 aliphatic rings. The molecule has 15 heavy (non-hydrogen) atoms. The van der Waals surface area contributed by atoms with Gasteiger partial charge in [-0.1, -0.05) is 5.16 Å². The first kappa shape index (κ1) is 9.83. The SMILES string of the molecule is COc1ccc(O)c2c1CCCC2=NO. The summed E-state index contributed by atoms with van der Waals surface area (Å²) in [5.41, 5.74) is 2.09. The van der Waals surface area contributed by atoms with Gasteiger partial charge in [0.25, 0.3) is 0 Å². The second-order valence-electron chi connectivity index (χ2n) is 3.54. The van der Waals surface area contributed by atoms with Crippen LogP contribution in [-0.2, 0) is 6.42 Å². The summed E-state index contributed by atoms with van der Waals surface area (Å²) in [6, 6.07) is 3.29. The Morgan fingerprint density at radius 1 is 1.33 bits per heavy atom. The maximum absolute atomic E-state index is 9.73. The van der Waals surface area contributed by atoms with Crippen LogP contribution in [0.1, 0.15) is 24.0 Å². The number of ether oxygens (including phenoxy) is 1. The van der Waals surface area contributed by atoms with Gasteiger partial charge in [0.15, 0.2) is 0 Å². The molecule has 0 spiro atoms. The Kier molecular flexibility index (Phi) is 2.49. The molecule has 0 aromatic heterocycles. The third kappa shape index (κ3) is 1.52. The van der Waals surface area contributed by atoms with E-state index in [1.807, 2.05) is 0 Å². The van der Waals surface area contributed by atoms with E-state index in [0.29, 0.717) is 17.7 Å². The van der Waals surface area contributed by atoms with Crippen LogP contribution in [0.5, 0.6) is 11.5 Å². The monoisotopic (exact) mass is 207 g/mol. The van der Waals surface area contributed by atoms with E-state index in [9.17, 15) is 5.11 Å². The van der Waals surface area contributed by atoms with Gasteiger partial charge in [0.1, 0.15) is 11.5 Å². The Balaban J connectivity index is 2.64. The number of phenolic OH excluding ortho intramolecular Hbond substituents is 1. The van der Waals surface area contributed by atoms with Gasteiger partial charge in [-0.2, -0.15) is 0 Å². The van der Waals surface area contributed by atoms with Crippen LogP contribution in [0.2, 0.25) is 0 Å². The summed E-state index contributed by atoms with van der Waals surface area (Å²) in [6.45, 7) is 0. The number of benzene rings is 1. The lowest BCUT2D eigenvalue weighted by atomic mass is 9.88. The minimum absolute atomic E-state index is 0.151. The Bertz CT molecular complexity index is 413. The Morgan fingerprint density at radius 2 is 2.13 bits per heavy atom. The van der Waals surface area contributed by atoms with Gasteiger partial charge in [-0.15, -0.1) is 0 Å². The minimum atomic E-state index is 0.151. The fourth-order valence-electron chi connectivity index (χ4n) is 2.04. The quantitative estimate of drug-likeness (QED) is 0.546. The standard InChI is InChI=1S/C11H13NO3/c1-15-10-6-5-9(13)11-7(10)3-2-4-8(11)12-14/h5-6,13-14H,2-4H2,1H3. The van der Waals surface area contributed by atoms with Crippen molar-refractivity contribution in [1.29, 1.82) is 0 Å². The van der Waals surface area contributed by atoms with Gasteiger partial charge < -0.3 is 15.1 Å². The molecule has 0 amide bonds. The molecule has 0 bridgehead atoms. The number of rotatable bonds is 1. The topological polar surface area (TPSA) is 62.0 Å². The third-order valence-electron chi connectivity index (χ3n) is 2.72. The highest BCUT2D eigenvalue weighted by molar-refractivity contribution is 6.05. The maximum atomic E-state index is 9.73. The zero-order valence-electron chi connectivity index (χ0n) is 8.53. The highest BCUT2D eigenvalue weighted by Gasteiger charge is 2.22. The molecule has 0 fully saturated rings. The number of oxime groups is 1. The molecule has 4 nitrogen and oxygen atoms in total. The first-order chi connectivity index (χ1) is 7.27. The Morgan fingerprint density at radius 3 is 2.80 bits per heavy atom. The van der Waals surface area contributed by atoms with E-state index >= 15 is 0 Å². The minimum Gasteiger partial charge on any atom is -0.507 e. The molecule has 0 unspecified atom stereocenters. The molecule has 0 atom stereocenters. The predicted octanol–water partition coefficient (Wildman–Crippen LogP) is 1.92. The van der Waals surface area contributed by atoms with Gasteiger partial charge in [0, 0.05) is 11.1 Å². The molecule has 0 saturated heterocycles. The van der Waals surface area contributed by atoms with E-state index in [1.165, 1.54) is 0 Å². The Hall–Kier alpha value is -1.71. The molecule has 0 radical (unpaired) electrons. The summed E-state index contributed by atoms with van der Waals surface area (Å²) in [5.74, 6) is 0.891. The van der Waals surface area contributed by atoms with Crippen molar-refractivity contribution in [1.82, 2.24) is 0 Å². The molecule has 4 heteroatoms. The highest BCUT2D eigenvalue weighted by atomic mass is 16.5. The lowest BCUT2D eigenvalue weighted by Gasteiger charge is -2.20. The summed E-state index contributed by atoms with van der Waals surface area (Å²) in [7, 11) is 1.59. The van der Waals surface area contributed by atoms with Gasteiger partial charge in [0.2, 0.25) is 0 Å². The zero-order chi connectivity index (χ0) is 10.8. The molecule has 1 aromatic carbocycles. The molecule has 0 heterocycles. The van der Waals surface area contributed by atoms with Crippen molar-refractivity contribution in [2.75, 3.05) is 7.11 Å². The van der Waals surface area contributed by atoms with Crippen LogP contribution in [0.25, 0.3) is 0 Å². The van der Waals surface area contributed by atoms with Crippen LogP contribution >= 0.6 is 0 Å². The second-order valence-corrected chi connectivity index (χ2v) is 3.54. The summed E-state index contributed by atoms with van der Waals surface area (Å²) in [5, 5.41) is 21.8. The molecule has 1 aromatic rings. The molecule has 0 aliphatic heterocycles. The second kappa shape index (κ2) is 3.81. The number of phenols is 1. The van der Waals surface area contributed by atoms with Crippen molar-refractivity contribution in [3.63, 3.8) is 0 Å². The van der Waals surface area contributed by atoms with Gasteiger partial charge >= 0.3 is 0 Å². The summed E-state index contributed by atoms with van der Waals surface area (Å²) < 4.78 is 5.21. The van der Waals surface area contributed by atoms with Crippen LogP contribution in [0.15, 0.2) is 17.3 Å². The van der Waals surface area contributed by atoms with Crippen molar-refractivity contribution in [3.8, 4) is 11.5 Å². The van der Waals surface area contributed by atoms with E-state index in [0.717, 1.165) is 24.2 Å². The molecule has 80 valence electrons. The smallest absolute Gasteiger partial charge is 0.125 e. The van der Waals surface area contributed by atoms with Crippen molar-refractivity contribution in [2.45, 2.75) is 19.3 Å². The maximum Gasteiger partial charge on any atom is 0.125 e. The molecule has 2 rings (SSSR count). The predicted molar refractivity (Wildman–Crippen MR) is 55.9 cm³/mol.